The summed E-state index contributed by atoms with van der Waals surface area (Å²) in [5, 5.41) is 0. The monoisotopic (exact) mass is 246 g/mol. The summed E-state index contributed by atoms with van der Waals surface area (Å²) in [6.45, 7) is 0. The molecule has 0 fully saturated rings. The summed E-state index contributed by atoms with van der Waals surface area (Å²) in [4.78, 5) is 0. The van der Waals surface area contributed by atoms with Gasteiger partial charge in [0.2, 0.25) is 0 Å². The molecule has 0 rings (SSSR count). The average molecular weight is 246 g/mol. The van der Waals surface area contributed by atoms with Crippen LogP contribution in [0.5, 0.6) is 0 Å². The zero-order valence-electron chi connectivity index (χ0n) is 8.09. The van der Waals surface area contributed by atoms with Crippen LogP contribution in [0.3, 0.4) is 0 Å². The summed E-state index contributed by atoms with van der Waals surface area (Å²) in [5.74, 6) is -0.356. The van der Waals surface area contributed by atoms with Gasteiger partial charge in [0.25, 0.3) is 20.2 Å². The Morgan fingerprint density at radius 2 is 1.07 bits per heavy atom. The zero-order valence-corrected chi connectivity index (χ0v) is 9.73. The molecule has 0 heterocycles. The van der Waals surface area contributed by atoms with Crippen molar-refractivity contribution in [2.24, 2.45) is 0 Å². The average Bonchev–Trinajstić information content (AvgIpc) is 2.13. The van der Waals surface area contributed by atoms with Gasteiger partial charge in [0.05, 0.1) is 25.7 Å². The van der Waals surface area contributed by atoms with Gasteiger partial charge in [-0.05, 0) is 12.8 Å². The molecule has 0 saturated carbocycles. The van der Waals surface area contributed by atoms with E-state index in [9.17, 15) is 16.8 Å². The predicted molar refractivity (Wildman–Crippen MR) is 50.8 cm³/mol. The lowest BCUT2D eigenvalue weighted by Gasteiger charge is -2.01. The molecule has 0 aromatic carbocycles. The van der Waals surface area contributed by atoms with Crippen LogP contribution < -0.4 is 0 Å². The van der Waals surface area contributed by atoms with Gasteiger partial charge in [-0.2, -0.15) is 16.8 Å². The Labute approximate surface area is 84.5 Å². The summed E-state index contributed by atoms with van der Waals surface area (Å²) in [6, 6.07) is 0. The van der Waals surface area contributed by atoms with Crippen LogP contribution in [-0.2, 0) is 28.6 Å². The van der Waals surface area contributed by atoms with Crippen LogP contribution in [-0.4, -0.2) is 42.6 Å². The topological polar surface area (TPSA) is 86.7 Å². The second-order valence-corrected chi connectivity index (χ2v) is 6.28. The molecule has 0 amide bonds. The van der Waals surface area contributed by atoms with Gasteiger partial charge >= 0.3 is 0 Å². The van der Waals surface area contributed by atoms with Gasteiger partial charge in [-0.25, -0.2) is 0 Å². The van der Waals surface area contributed by atoms with Crippen molar-refractivity contribution in [3.63, 3.8) is 0 Å². The first-order valence-electron chi connectivity index (χ1n) is 3.89. The first kappa shape index (κ1) is 13.8. The molecule has 0 aliphatic carbocycles. The fourth-order valence-corrected chi connectivity index (χ4v) is 2.17. The molecule has 0 N–H and O–H groups in total. The minimum Gasteiger partial charge on any atom is -0.273 e. The van der Waals surface area contributed by atoms with Crippen LogP contribution in [0.4, 0.5) is 0 Å². The van der Waals surface area contributed by atoms with Crippen LogP contribution in [0.1, 0.15) is 12.8 Å². The van der Waals surface area contributed by atoms with E-state index in [1.54, 1.807) is 0 Å². The zero-order chi connectivity index (χ0) is 11.2. The lowest BCUT2D eigenvalue weighted by atomic mass is 10.4. The van der Waals surface area contributed by atoms with Crippen molar-refractivity contribution >= 4 is 20.2 Å². The van der Waals surface area contributed by atoms with Crippen molar-refractivity contribution < 1.29 is 25.2 Å². The van der Waals surface area contributed by atoms with E-state index >= 15 is 0 Å². The van der Waals surface area contributed by atoms with E-state index in [0.29, 0.717) is 0 Å². The number of hydrogen-bond donors (Lipinski definition) is 0. The molecule has 86 valence electrons. The highest BCUT2D eigenvalue weighted by Gasteiger charge is 2.11. The maximum absolute atomic E-state index is 10.8. The van der Waals surface area contributed by atoms with Crippen molar-refractivity contribution in [3.8, 4) is 0 Å². The maximum atomic E-state index is 10.8. The Bertz CT molecular complexity index is 305. The van der Waals surface area contributed by atoms with E-state index in [0.717, 1.165) is 14.2 Å². The van der Waals surface area contributed by atoms with Crippen LogP contribution >= 0.6 is 0 Å². The van der Waals surface area contributed by atoms with Gasteiger partial charge in [-0.15, -0.1) is 0 Å². The lowest BCUT2D eigenvalue weighted by molar-refractivity contribution is 0.391. The van der Waals surface area contributed by atoms with Crippen LogP contribution in [0.25, 0.3) is 0 Å². The fraction of sp³-hybridized carbons (Fsp3) is 1.00. The van der Waals surface area contributed by atoms with E-state index in [1.165, 1.54) is 0 Å². The molecule has 0 aliphatic heterocycles. The standard InChI is InChI=1S/C6H14O6S2/c1-11-13(7,8)5-3-4-6-14(9,10)12-2/h3-6H2,1-2H3. The summed E-state index contributed by atoms with van der Waals surface area (Å²) in [7, 11) is -4.82. The fourth-order valence-electron chi connectivity index (χ4n) is 0.724. The van der Waals surface area contributed by atoms with Gasteiger partial charge in [0, 0.05) is 0 Å². The molecule has 6 nitrogen and oxygen atoms in total. The Balaban J connectivity index is 3.79. The van der Waals surface area contributed by atoms with Crippen LogP contribution in [0, 0.1) is 0 Å². The molecular weight excluding hydrogens is 232 g/mol. The molecule has 0 spiro atoms. The van der Waals surface area contributed by atoms with E-state index in [2.05, 4.69) is 8.37 Å². The molecule has 0 aliphatic rings. The van der Waals surface area contributed by atoms with Gasteiger partial charge in [-0.3, -0.25) is 8.37 Å². The van der Waals surface area contributed by atoms with E-state index in [-0.39, 0.29) is 24.3 Å². The van der Waals surface area contributed by atoms with Gasteiger partial charge in [0.15, 0.2) is 0 Å². The Kier molecular flexibility index (Phi) is 5.57. The molecule has 0 aromatic heterocycles. The largest absolute Gasteiger partial charge is 0.273 e. The van der Waals surface area contributed by atoms with Crippen molar-refractivity contribution in [1.29, 1.82) is 0 Å². The van der Waals surface area contributed by atoms with Crippen LogP contribution in [0.2, 0.25) is 0 Å². The quantitative estimate of drug-likeness (QED) is 0.453. The minimum absolute atomic E-state index is 0.178. The molecule has 0 aromatic rings. The molecule has 8 heteroatoms. The third-order valence-electron chi connectivity index (χ3n) is 1.55. The summed E-state index contributed by atoms with van der Waals surface area (Å²) < 4.78 is 51.5. The molecular formula is C6H14O6S2. The normalized spacial score (nSPS) is 13.0. The first-order chi connectivity index (χ1) is 6.33. The van der Waals surface area contributed by atoms with Gasteiger partial charge < -0.3 is 0 Å². The van der Waals surface area contributed by atoms with Crippen molar-refractivity contribution in [2.45, 2.75) is 12.8 Å². The maximum Gasteiger partial charge on any atom is 0.267 e. The van der Waals surface area contributed by atoms with Crippen molar-refractivity contribution in [2.75, 3.05) is 25.7 Å². The SMILES string of the molecule is COS(=O)(=O)CCCCS(=O)(=O)OC. The molecule has 14 heavy (non-hydrogen) atoms. The van der Waals surface area contributed by atoms with Crippen LogP contribution in [0.15, 0.2) is 0 Å². The third kappa shape index (κ3) is 6.30. The third-order valence-corrected chi connectivity index (χ3v) is 4.14. The van der Waals surface area contributed by atoms with E-state index in [1.807, 2.05) is 0 Å². The van der Waals surface area contributed by atoms with Gasteiger partial charge in [-0.1, -0.05) is 0 Å². The number of hydrogen-bond acceptors (Lipinski definition) is 6. The molecule has 0 saturated heterocycles. The Hall–Kier alpha value is -0.180. The lowest BCUT2D eigenvalue weighted by Crippen LogP contribution is -2.11. The number of unbranched alkanes of at least 4 members (excludes halogenated alkanes) is 1. The summed E-state index contributed by atoms with van der Waals surface area (Å²) in [5.41, 5.74) is 0. The Morgan fingerprint density at radius 3 is 1.29 bits per heavy atom. The molecule has 0 bridgehead atoms. The highest BCUT2D eigenvalue weighted by molar-refractivity contribution is 7.87. The Morgan fingerprint density at radius 1 is 0.786 bits per heavy atom. The highest BCUT2D eigenvalue weighted by Crippen LogP contribution is 2.01. The predicted octanol–water partition coefficient (Wildman–Crippen LogP) is -0.281. The summed E-state index contributed by atoms with van der Waals surface area (Å²) >= 11 is 0. The molecule has 0 unspecified atom stereocenters. The molecule has 0 radical (unpaired) electrons. The van der Waals surface area contributed by atoms with E-state index < -0.39 is 20.2 Å². The highest BCUT2D eigenvalue weighted by atomic mass is 32.2. The first-order valence-corrected chi connectivity index (χ1v) is 7.05. The molecule has 0 atom stereocenters. The minimum atomic E-state index is -3.48. The van der Waals surface area contributed by atoms with Crippen molar-refractivity contribution in [1.82, 2.24) is 0 Å². The number of rotatable bonds is 7. The van der Waals surface area contributed by atoms with E-state index in [4.69, 9.17) is 0 Å². The second kappa shape index (κ2) is 5.64. The van der Waals surface area contributed by atoms with Crippen molar-refractivity contribution in [3.05, 3.63) is 0 Å². The smallest absolute Gasteiger partial charge is 0.267 e. The van der Waals surface area contributed by atoms with Gasteiger partial charge in [0.1, 0.15) is 0 Å². The summed E-state index contributed by atoms with van der Waals surface area (Å²) in [6.07, 6.45) is 0.470. The second-order valence-electron chi connectivity index (χ2n) is 2.56.